The molecule has 0 aliphatic rings. The molecule has 1 atom stereocenters. The summed E-state index contributed by atoms with van der Waals surface area (Å²) in [6.45, 7) is 26.5. The van der Waals surface area contributed by atoms with Crippen LogP contribution in [0.2, 0.25) is 0 Å². The molecule has 4 nitrogen and oxygen atoms in total. The molecule has 0 aliphatic heterocycles. The smallest absolute Gasteiger partial charge is 0.394 e. The minimum Gasteiger partial charge on any atom is -0.496 e. The van der Waals surface area contributed by atoms with Crippen molar-refractivity contribution in [3.63, 3.8) is 0 Å². The van der Waals surface area contributed by atoms with E-state index in [0.717, 1.165) is 28.0 Å². The maximum atomic E-state index is 10.5. The molecule has 0 radical (unpaired) electrons. The summed E-state index contributed by atoms with van der Waals surface area (Å²) >= 11 is 0. The van der Waals surface area contributed by atoms with Gasteiger partial charge in [-0.3, -0.25) is 0 Å². The van der Waals surface area contributed by atoms with Gasteiger partial charge in [-0.25, -0.2) is 0 Å². The molecule has 0 aliphatic carbocycles. The zero-order valence-corrected chi connectivity index (χ0v) is 25.3. The van der Waals surface area contributed by atoms with Crippen LogP contribution in [0.15, 0.2) is 24.3 Å². The normalized spacial score (nSPS) is 14.1. The van der Waals surface area contributed by atoms with E-state index in [9.17, 15) is 4.89 Å². The highest BCUT2D eigenvalue weighted by Crippen LogP contribution is 2.51. The molecule has 196 valence electrons. The first-order valence-electron chi connectivity index (χ1n) is 12.3. The van der Waals surface area contributed by atoms with Crippen LogP contribution in [0.25, 0.3) is 11.1 Å². The van der Waals surface area contributed by atoms with Crippen LogP contribution in [-0.2, 0) is 26.2 Å². The van der Waals surface area contributed by atoms with Gasteiger partial charge in [-0.2, -0.15) is 0 Å². The number of benzene rings is 2. The van der Waals surface area contributed by atoms with E-state index in [2.05, 4.69) is 107 Å². The van der Waals surface area contributed by atoms with Gasteiger partial charge in [0.2, 0.25) is 0 Å². The fraction of sp³-hybridized carbons (Fsp3) is 0.600. The Morgan fingerprint density at radius 1 is 0.571 bits per heavy atom. The van der Waals surface area contributed by atoms with E-state index >= 15 is 0 Å². The first-order chi connectivity index (χ1) is 15.7. The Morgan fingerprint density at radius 3 is 1.26 bits per heavy atom. The van der Waals surface area contributed by atoms with Gasteiger partial charge >= 0.3 is 8.60 Å². The molecule has 1 N–H and O–H groups in total. The third kappa shape index (κ3) is 6.79. The molecule has 2 rings (SSSR count). The number of ether oxygens (including phenoxy) is 1. The summed E-state index contributed by atoms with van der Waals surface area (Å²) < 4.78 is 17.5. The van der Waals surface area contributed by atoms with Gasteiger partial charge in [-0.1, -0.05) is 95.2 Å². The summed E-state index contributed by atoms with van der Waals surface area (Å²) in [7, 11) is 1.12. The molecule has 0 amide bonds. The first kappa shape index (κ1) is 29.6. The quantitative estimate of drug-likeness (QED) is 0.415. The lowest BCUT2D eigenvalue weighted by Crippen LogP contribution is -2.20. The van der Waals surface area contributed by atoms with Crippen molar-refractivity contribution in [3.05, 3.63) is 46.5 Å². The summed E-state index contributed by atoms with van der Waals surface area (Å²) in [5.41, 5.74) is 5.97. The second-order valence-electron chi connectivity index (χ2n) is 13.5. The Hall–Kier alpha value is -1.61. The first-order valence-corrected chi connectivity index (χ1v) is 13.5. The molecular weight excluding hydrogens is 455 g/mol. The van der Waals surface area contributed by atoms with E-state index in [-0.39, 0.29) is 21.7 Å². The molecule has 2 aromatic carbocycles. The number of hydrogen-bond donors (Lipinski definition) is 1. The van der Waals surface area contributed by atoms with Gasteiger partial charge in [0, 0.05) is 29.4 Å². The Balaban J connectivity index is 3.18. The minimum absolute atomic E-state index is 0.0628. The lowest BCUT2D eigenvalue weighted by molar-refractivity contribution is 0.314. The van der Waals surface area contributed by atoms with E-state index in [1.165, 1.54) is 18.2 Å². The van der Waals surface area contributed by atoms with Crippen LogP contribution in [0.1, 0.15) is 105 Å². The summed E-state index contributed by atoms with van der Waals surface area (Å²) in [5, 5.41) is 0. The molecule has 2 aromatic rings. The van der Waals surface area contributed by atoms with Crippen LogP contribution >= 0.6 is 8.60 Å². The van der Waals surface area contributed by atoms with Crippen LogP contribution in [0.4, 0.5) is 0 Å². The summed E-state index contributed by atoms with van der Waals surface area (Å²) in [4.78, 5) is 10.5. The van der Waals surface area contributed by atoms with Crippen LogP contribution in [0.3, 0.4) is 0 Å². The largest absolute Gasteiger partial charge is 0.496 e. The van der Waals surface area contributed by atoms with Crippen LogP contribution in [-0.4, -0.2) is 19.1 Å². The second-order valence-corrected chi connectivity index (χ2v) is 14.5. The van der Waals surface area contributed by atoms with Gasteiger partial charge < -0.3 is 18.7 Å². The second kappa shape index (κ2) is 10.0. The maximum absolute atomic E-state index is 10.5. The Bertz CT molecular complexity index is 1040. The van der Waals surface area contributed by atoms with Crippen molar-refractivity contribution < 1.29 is 18.7 Å². The third-order valence-electron chi connectivity index (χ3n) is 6.35. The average Bonchev–Trinajstić information content (AvgIpc) is 2.69. The van der Waals surface area contributed by atoms with Crippen molar-refractivity contribution in [2.45, 2.75) is 105 Å². The lowest BCUT2D eigenvalue weighted by Gasteiger charge is -2.32. The van der Waals surface area contributed by atoms with Crippen molar-refractivity contribution in [3.8, 4) is 22.6 Å². The molecule has 0 spiro atoms. The predicted octanol–water partition coefficient (Wildman–Crippen LogP) is 8.80. The monoisotopic (exact) mass is 502 g/mol. The molecule has 0 saturated heterocycles. The number of methoxy groups -OCH3 is 1. The summed E-state index contributed by atoms with van der Waals surface area (Å²) in [6.07, 6.45) is 0. The molecule has 1 unspecified atom stereocenters. The molecule has 0 bridgehead atoms. The number of rotatable bonds is 5. The van der Waals surface area contributed by atoms with E-state index < -0.39 is 8.60 Å². The fourth-order valence-electron chi connectivity index (χ4n) is 4.07. The molecule has 0 saturated carbocycles. The molecule has 5 heteroatoms. The van der Waals surface area contributed by atoms with Gasteiger partial charge in [0.25, 0.3) is 0 Å². The highest BCUT2D eigenvalue weighted by molar-refractivity contribution is 7.41. The van der Waals surface area contributed by atoms with Gasteiger partial charge in [-0.05, 0) is 44.9 Å². The van der Waals surface area contributed by atoms with Gasteiger partial charge in [0.05, 0.1) is 7.11 Å². The van der Waals surface area contributed by atoms with Crippen molar-refractivity contribution in [1.29, 1.82) is 0 Å². The van der Waals surface area contributed by atoms with Crippen molar-refractivity contribution in [1.82, 2.24) is 0 Å². The SMILES string of the molecule is COc1c(-c2cc(C(C)(C)C)cc(C(C)(C)C)c2OP(O)OC)cc(C(C)(C)C)cc1C(C)(C)C. The van der Waals surface area contributed by atoms with Gasteiger partial charge in [-0.15, -0.1) is 0 Å². The molecular formula is C30H47O4P. The van der Waals surface area contributed by atoms with Crippen molar-refractivity contribution in [2.24, 2.45) is 0 Å². The predicted molar refractivity (Wildman–Crippen MR) is 150 cm³/mol. The molecule has 0 aromatic heterocycles. The molecule has 35 heavy (non-hydrogen) atoms. The fourth-order valence-corrected chi connectivity index (χ4v) is 4.50. The molecule has 0 fully saturated rings. The summed E-state index contributed by atoms with van der Waals surface area (Å²) in [6, 6.07) is 8.90. The highest BCUT2D eigenvalue weighted by atomic mass is 31.2. The number of hydrogen-bond acceptors (Lipinski definition) is 4. The van der Waals surface area contributed by atoms with E-state index in [1.54, 1.807) is 7.11 Å². The lowest BCUT2D eigenvalue weighted by atomic mass is 9.75. The molecule has 0 heterocycles. The van der Waals surface area contributed by atoms with Crippen LogP contribution in [0, 0.1) is 0 Å². The maximum Gasteiger partial charge on any atom is 0.394 e. The Labute approximate surface area is 215 Å². The van der Waals surface area contributed by atoms with E-state index in [1.807, 2.05) is 0 Å². The minimum atomic E-state index is -2.08. The standard InChI is InChI=1S/C30H47O4P/c1-27(2,3)19-15-21(25(32-13)23(17-19)29(7,8)9)22-16-20(28(4,5)6)18-24(30(10,11)12)26(22)34-35(31)33-14/h15-18,31H,1-14H3. The van der Waals surface area contributed by atoms with Crippen molar-refractivity contribution >= 4 is 8.60 Å². The van der Waals surface area contributed by atoms with Crippen LogP contribution < -0.4 is 9.26 Å². The zero-order chi connectivity index (χ0) is 27.1. The summed E-state index contributed by atoms with van der Waals surface area (Å²) in [5.74, 6) is 1.48. The van der Waals surface area contributed by atoms with E-state index in [0.29, 0.717) is 5.75 Å². The zero-order valence-electron chi connectivity index (χ0n) is 24.4. The Morgan fingerprint density at radius 2 is 0.943 bits per heavy atom. The van der Waals surface area contributed by atoms with Crippen LogP contribution in [0.5, 0.6) is 11.5 Å². The van der Waals surface area contributed by atoms with Crippen molar-refractivity contribution in [2.75, 3.05) is 14.2 Å². The topological polar surface area (TPSA) is 47.9 Å². The third-order valence-corrected chi connectivity index (χ3v) is 7.00. The van der Waals surface area contributed by atoms with Gasteiger partial charge in [0.15, 0.2) is 0 Å². The Kier molecular flexibility index (Phi) is 8.49. The highest BCUT2D eigenvalue weighted by Gasteiger charge is 2.32. The van der Waals surface area contributed by atoms with Gasteiger partial charge in [0.1, 0.15) is 11.5 Å². The van der Waals surface area contributed by atoms with E-state index in [4.69, 9.17) is 13.8 Å². The average molecular weight is 503 g/mol.